The Labute approximate surface area is 124 Å². The third-order valence-electron chi connectivity index (χ3n) is 3.67. The summed E-state index contributed by atoms with van der Waals surface area (Å²) in [6.45, 7) is 4.13. The second-order valence-electron chi connectivity index (χ2n) is 5.03. The lowest BCUT2D eigenvalue weighted by molar-refractivity contribution is -0.880. The average molecular weight is 340 g/mol. The van der Waals surface area contributed by atoms with Gasteiger partial charge in [-0.05, 0) is 18.2 Å². The van der Waals surface area contributed by atoms with Crippen molar-refractivity contribution in [2.24, 2.45) is 0 Å². The fourth-order valence-corrected chi connectivity index (χ4v) is 3.72. The van der Waals surface area contributed by atoms with Gasteiger partial charge in [0.2, 0.25) is 5.43 Å². The van der Waals surface area contributed by atoms with Gasteiger partial charge in [-0.1, -0.05) is 15.9 Å². The summed E-state index contributed by atoms with van der Waals surface area (Å²) in [5.74, 6) is 0. The smallest absolute Gasteiger partial charge is 0.211 e. The molecule has 0 spiro atoms. The van der Waals surface area contributed by atoms with Crippen LogP contribution in [0.3, 0.4) is 0 Å². The third kappa shape index (κ3) is 2.55. The zero-order valence-corrected chi connectivity index (χ0v) is 13.2. The minimum atomic E-state index is 0.162. The number of likely N-dealkylation sites (N-methyl/N-ethyl adjacent to an activating group) is 1. The minimum Gasteiger partial charge on any atom is -0.356 e. The van der Waals surface area contributed by atoms with Crippen LogP contribution in [0.4, 0.5) is 5.69 Å². The molecule has 1 aromatic carbocycles. The molecule has 1 aromatic heterocycles. The summed E-state index contributed by atoms with van der Waals surface area (Å²) < 4.78 is 2.01. The molecule has 19 heavy (non-hydrogen) atoms. The van der Waals surface area contributed by atoms with Crippen LogP contribution >= 0.6 is 27.3 Å². The molecule has 0 aliphatic carbocycles. The lowest BCUT2D eigenvalue weighted by Crippen LogP contribution is -3.12. The van der Waals surface area contributed by atoms with Crippen molar-refractivity contribution in [3.05, 3.63) is 38.3 Å². The van der Waals surface area contributed by atoms with E-state index in [0.717, 1.165) is 46.4 Å². The Kier molecular flexibility index (Phi) is 3.60. The minimum absolute atomic E-state index is 0.162. The second kappa shape index (κ2) is 5.23. The zero-order chi connectivity index (χ0) is 13.4. The lowest BCUT2D eigenvalue weighted by Gasteiger charge is -2.31. The number of anilines is 1. The van der Waals surface area contributed by atoms with Gasteiger partial charge in [0, 0.05) is 19.9 Å². The summed E-state index contributed by atoms with van der Waals surface area (Å²) in [5, 5.41) is 2.84. The molecule has 0 bridgehead atoms. The first-order valence-corrected chi connectivity index (χ1v) is 8.10. The van der Waals surface area contributed by atoms with E-state index in [1.54, 1.807) is 11.3 Å². The molecule has 5 heteroatoms. The number of halogens is 1. The molecule has 2 aromatic rings. The molecule has 1 aliphatic heterocycles. The van der Waals surface area contributed by atoms with Crippen LogP contribution in [0.2, 0.25) is 0 Å². The SMILES string of the molecule is C[NH+]1CCN(c2csc3ccc(Br)cc3c2=O)CC1. The van der Waals surface area contributed by atoms with E-state index in [1.807, 2.05) is 23.6 Å². The van der Waals surface area contributed by atoms with Gasteiger partial charge in [0.15, 0.2) is 0 Å². The normalized spacial score (nSPS) is 17.1. The van der Waals surface area contributed by atoms with Gasteiger partial charge in [0.25, 0.3) is 0 Å². The molecule has 3 nitrogen and oxygen atoms in total. The molecule has 1 saturated heterocycles. The lowest BCUT2D eigenvalue weighted by atomic mass is 10.2. The van der Waals surface area contributed by atoms with Gasteiger partial charge >= 0.3 is 0 Å². The zero-order valence-electron chi connectivity index (χ0n) is 10.8. The summed E-state index contributed by atoms with van der Waals surface area (Å²) in [5.41, 5.74) is 1.03. The van der Waals surface area contributed by atoms with Gasteiger partial charge < -0.3 is 9.80 Å². The van der Waals surface area contributed by atoms with Crippen molar-refractivity contribution < 1.29 is 4.90 Å². The van der Waals surface area contributed by atoms with Crippen molar-refractivity contribution in [3.8, 4) is 0 Å². The number of hydrogen-bond donors (Lipinski definition) is 1. The van der Waals surface area contributed by atoms with Crippen LogP contribution in [-0.4, -0.2) is 33.2 Å². The van der Waals surface area contributed by atoms with E-state index >= 15 is 0 Å². The average Bonchev–Trinajstić information content (AvgIpc) is 2.41. The Morgan fingerprint density at radius 1 is 1.32 bits per heavy atom. The van der Waals surface area contributed by atoms with Gasteiger partial charge in [0.05, 0.1) is 38.9 Å². The number of quaternary nitrogens is 1. The fraction of sp³-hybridized carbons (Fsp3) is 0.357. The Hall–Kier alpha value is -0.910. The quantitative estimate of drug-likeness (QED) is 0.848. The van der Waals surface area contributed by atoms with E-state index in [9.17, 15) is 4.79 Å². The summed E-state index contributed by atoms with van der Waals surface area (Å²) >= 11 is 5.10. The standard InChI is InChI=1S/C14H15BrN2OS/c1-16-4-6-17(7-5-16)12-9-19-13-3-2-10(15)8-11(13)14(12)18/h2-3,8-9H,4-7H2,1H3/p+1. The molecule has 0 atom stereocenters. The van der Waals surface area contributed by atoms with Crippen molar-refractivity contribution in [2.45, 2.75) is 0 Å². The first-order chi connectivity index (χ1) is 9.15. The van der Waals surface area contributed by atoms with Gasteiger partial charge in [-0.2, -0.15) is 0 Å². The van der Waals surface area contributed by atoms with Gasteiger partial charge in [-0.3, -0.25) is 4.79 Å². The van der Waals surface area contributed by atoms with E-state index < -0.39 is 0 Å². The molecule has 0 amide bonds. The van der Waals surface area contributed by atoms with E-state index in [1.165, 1.54) is 4.90 Å². The van der Waals surface area contributed by atoms with Crippen LogP contribution in [0, 0.1) is 0 Å². The number of piperazine rings is 1. The Morgan fingerprint density at radius 2 is 2.05 bits per heavy atom. The predicted octanol–water partition coefficient (Wildman–Crippen LogP) is 1.36. The number of hydrogen-bond acceptors (Lipinski definition) is 3. The molecule has 100 valence electrons. The second-order valence-corrected chi connectivity index (χ2v) is 6.86. The third-order valence-corrected chi connectivity index (χ3v) is 5.12. The van der Waals surface area contributed by atoms with E-state index in [4.69, 9.17) is 0 Å². The van der Waals surface area contributed by atoms with Crippen LogP contribution in [0.15, 0.2) is 32.8 Å². The van der Waals surface area contributed by atoms with Crippen molar-refractivity contribution in [3.63, 3.8) is 0 Å². The predicted molar refractivity (Wildman–Crippen MR) is 84.6 cm³/mol. The molecule has 1 fully saturated rings. The van der Waals surface area contributed by atoms with E-state index in [0.29, 0.717) is 0 Å². The maximum absolute atomic E-state index is 12.6. The van der Waals surface area contributed by atoms with Crippen LogP contribution < -0.4 is 15.2 Å². The molecule has 0 radical (unpaired) electrons. The van der Waals surface area contributed by atoms with E-state index in [2.05, 4.69) is 27.9 Å². The molecule has 1 aliphatic rings. The Morgan fingerprint density at radius 3 is 2.79 bits per heavy atom. The van der Waals surface area contributed by atoms with Crippen LogP contribution in [-0.2, 0) is 0 Å². The van der Waals surface area contributed by atoms with Crippen molar-refractivity contribution in [1.29, 1.82) is 0 Å². The summed E-state index contributed by atoms with van der Waals surface area (Å²) in [4.78, 5) is 16.4. The highest BCUT2D eigenvalue weighted by Crippen LogP contribution is 2.24. The first kappa shape index (κ1) is 13.1. The van der Waals surface area contributed by atoms with E-state index in [-0.39, 0.29) is 5.43 Å². The topological polar surface area (TPSA) is 24.8 Å². The highest BCUT2D eigenvalue weighted by Gasteiger charge is 2.19. The van der Waals surface area contributed by atoms with Crippen molar-refractivity contribution in [2.75, 3.05) is 38.1 Å². The number of nitrogens with zero attached hydrogens (tertiary/aromatic N) is 1. The molecule has 0 saturated carbocycles. The summed E-state index contributed by atoms with van der Waals surface area (Å²) in [7, 11) is 2.20. The van der Waals surface area contributed by atoms with Gasteiger partial charge in [0.1, 0.15) is 0 Å². The highest BCUT2D eigenvalue weighted by molar-refractivity contribution is 9.10. The summed E-state index contributed by atoms with van der Waals surface area (Å²) in [6, 6.07) is 5.92. The molecular formula is C14H16BrN2OS+. The van der Waals surface area contributed by atoms with Gasteiger partial charge in [-0.25, -0.2) is 0 Å². The fourth-order valence-electron chi connectivity index (χ4n) is 2.44. The number of fused-ring (bicyclic) bond motifs is 1. The Bertz CT molecular complexity index is 662. The molecular weight excluding hydrogens is 324 g/mol. The first-order valence-electron chi connectivity index (χ1n) is 6.42. The van der Waals surface area contributed by atoms with Crippen LogP contribution in [0.25, 0.3) is 10.1 Å². The van der Waals surface area contributed by atoms with Crippen molar-refractivity contribution >= 4 is 43.0 Å². The molecule has 0 unspecified atom stereocenters. The maximum Gasteiger partial charge on any atom is 0.211 e. The largest absolute Gasteiger partial charge is 0.356 e. The number of rotatable bonds is 1. The molecule has 3 rings (SSSR count). The van der Waals surface area contributed by atoms with Crippen LogP contribution in [0.1, 0.15) is 0 Å². The molecule has 1 N–H and O–H groups in total. The monoisotopic (exact) mass is 339 g/mol. The Balaban J connectivity index is 2.05. The molecule has 2 heterocycles. The summed E-state index contributed by atoms with van der Waals surface area (Å²) in [6.07, 6.45) is 0. The number of benzene rings is 1. The van der Waals surface area contributed by atoms with Gasteiger partial charge in [-0.15, -0.1) is 11.3 Å². The van der Waals surface area contributed by atoms with Crippen molar-refractivity contribution in [1.82, 2.24) is 0 Å². The maximum atomic E-state index is 12.6. The highest BCUT2D eigenvalue weighted by atomic mass is 79.9. The van der Waals surface area contributed by atoms with Crippen LogP contribution in [0.5, 0.6) is 0 Å². The number of nitrogens with one attached hydrogen (secondary N) is 1.